The molecule has 2 atom stereocenters. The second kappa shape index (κ2) is 7.30. The average molecular weight is 377 g/mol. The second-order valence-corrected chi connectivity index (χ2v) is 7.11. The number of amides is 2. The van der Waals surface area contributed by atoms with Gasteiger partial charge < -0.3 is 10.2 Å². The first kappa shape index (κ1) is 16.2. The van der Waals surface area contributed by atoms with E-state index in [-0.39, 0.29) is 24.2 Å². The van der Waals surface area contributed by atoms with Crippen molar-refractivity contribution in [3.05, 3.63) is 40.9 Å². The van der Waals surface area contributed by atoms with Gasteiger partial charge in [-0.15, -0.1) is 0 Å². The lowest BCUT2D eigenvalue weighted by Gasteiger charge is -2.20. The van der Waals surface area contributed by atoms with Crippen molar-refractivity contribution < 1.29 is 9.59 Å². The monoisotopic (exact) mass is 376 g/mol. The van der Waals surface area contributed by atoms with Crippen molar-refractivity contribution >= 4 is 33.4 Å². The Bertz CT molecular complexity index is 629. The Balaban J connectivity index is 1.57. The topological polar surface area (TPSA) is 49.4 Å². The second-order valence-electron chi connectivity index (χ2n) is 6.25. The van der Waals surface area contributed by atoms with Crippen LogP contribution >= 0.6 is 15.9 Å². The van der Waals surface area contributed by atoms with E-state index in [1.54, 1.807) is 4.90 Å². The van der Waals surface area contributed by atoms with E-state index in [4.69, 9.17) is 0 Å². The zero-order valence-electron chi connectivity index (χ0n) is 13.0. The van der Waals surface area contributed by atoms with Crippen LogP contribution in [0.2, 0.25) is 0 Å². The number of hydrogen-bond donors (Lipinski definition) is 1. The fraction of sp³-hybridized carbons (Fsp3) is 0.444. The number of nitrogens with zero attached hydrogens (tertiary/aromatic N) is 1. The van der Waals surface area contributed by atoms with Crippen molar-refractivity contribution in [1.29, 1.82) is 0 Å². The molecule has 0 unspecified atom stereocenters. The maximum Gasteiger partial charge on any atom is 0.227 e. The quantitative estimate of drug-likeness (QED) is 0.819. The molecule has 122 valence electrons. The maximum absolute atomic E-state index is 12.4. The van der Waals surface area contributed by atoms with E-state index in [9.17, 15) is 9.59 Å². The highest BCUT2D eigenvalue weighted by Crippen LogP contribution is 2.31. The largest absolute Gasteiger partial charge is 0.356 e. The first-order valence-electron chi connectivity index (χ1n) is 8.12. The Labute approximate surface area is 145 Å². The van der Waals surface area contributed by atoms with Gasteiger partial charge >= 0.3 is 0 Å². The van der Waals surface area contributed by atoms with Crippen LogP contribution < -0.4 is 10.2 Å². The smallest absolute Gasteiger partial charge is 0.227 e. The van der Waals surface area contributed by atoms with Gasteiger partial charge in [0.15, 0.2) is 0 Å². The number of para-hydroxylation sites is 1. The van der Waals surface area contributed by atoms with E-state index in [1.807, 2.05) is 24.3 Å². The Kier molecular flexibility index (Phi) is 5.16. The van der Waals surface area contributed by atoms with Crippen LogP contribution in [0.15, 0.2) is 40.9 Å². The van der Waals surface area contributed by atoms with Crippen LogP contribution in [0.1, 0.15) is 25.7 Å². The molecule has 1 aromatic rings. The fourth-order valence-electron chi connectivity index (χ4n) is 3.22. The standard InChI is InChI=1S/C18H21BrN2O2/c19-15-8-4-5-9-16(15)21-12-14(10-17(21)22)18(23)20-11-13-6-2-1-3-7-13/h1-2,4-5,8-9,13-14H,3,6-7,10-12H2,(H,20,23)/t13-,14-/m1/s1. The fourth-order valence-corrected chi connectivity index (χ4v) is 3.72. The number of rotatable bonds is 4. The van der Waals surface area contributed by atoms with Crippen molar-refractivity contribution in [2.75, 3.05) is 18.0 Å². The summed E-state index contributed by atoms with van der Waals surface area (Å²) in [6.45, 7) is 1.17. The van der Waals surface area contributed by atoms with Crippen molar-refractivity contribution in [2.45, 2.75) is 25.7 Å². The number of nitrogens with one attached hydrogen (secondary N) is 1. The molecule has 5 heteroatoms. The number of halogens is 1. The lowest BCUT2D eigenvalue weighted by molar-refractivity contribution is -0.126. The number of carbonyl (C=O) groups is 2. The van der Waals surface area contributed by atoms with Crippen molar-refractivity contribution in [1.82, 2.24) is 5.32 Å². The summed E-state index contributed by atoms with van der Waals surface area (Å²) in [6, 6.07) is 7.62. The minimum Gasteiger partial charge on any atom is -0.356 e. The van der Waals surface area contributed by atoms with Crippen molar-refractivity contribution in [3.63, 3.8) is 0 Å². The van der Waals surface area contributed by atoms with Crippen LogP contribution in [0.4, 0.5) is 5.69 Å². The summed E-state index contributed by atoms with van der Waals surface area (Å²) in [5.41, 5.74) is 0.838. The molecule has 0 aromatic heterocycles. The lowest BCUT2D eigenvalue weighted by atomic mass is 9.94. The molecule has 2 amide bonds. The Hall–Kier alpha value is -1.62. The number of anilines is 1. The van der Waals surface area contributed by atoms with E-state index < -0.39 is 0 Å². The van der Waals surface area contributed by atoms with Crippen molar-refractivity contribution in [2.24, 2.45) is 11.8 Å². The molecule has 0 bridgehead atoms. The zero-order valence-corrected chi connectivity index (χ0v) is 14.6. The van der Waals surface area contributed by atoms with Gasteiger partial charge in [-0.05, 0) is 53.2 Å². The van der Waals surface area contributed by atoms with E-state index in [0.29, 0.717) is 19.0 Å². The van der Waals surface area contributed by atoms with Crippen molar-refractivity contribution in [3.8, 4) is 0 Å². The summed E-state index contributed by atoms with van der Waals surface area (Å²) >= 11 is 3.47. The van der Waals surface area contributed by atoms with E-state index in [2.05, 4.69) is 33.4 Å². The summed E-state index contributed by atoms with van der Waals surface area (Å²) in [4.78, 5) is 26.3. The summed E-state index contributed by atoms with van der Waals surface area (Å²) in [6.07, 6.45) is 7.93. The SMILES string of the molecule is O=C(NC[C@@H]1CC=CCC1)[C@@H]1CC(=O)N(c2ccccc2Br)C1. The third-order valence-corrected chi connectivity index (χ3v) is 5.25. The molecule has 0 radical (unpaired) electrons. The number of hydrogen-bond acceptors (Lipinski definition) is 2. The molecule has 23 heavy (non-hydrogen) atoms. The van der Waals surface area contributed by atoms with E-state index in [1.165, 1.54) is 0 Å². The summed E-state index contributed by atoms with van der Waals surface area (Å²) in [5.74, 6) is 0.286. The van der Waals surface area contributed by atoms with Gasteiger partial charge in [0.05, 0.1) is 11.6 Å². The van der Waals surface area contributed by atoms with Crippen LogP contribution in [0, 0.1) is 11.8 Å². The molecule has 1 heterocycles. The maximum atomic E-state index is 12.4. The molecule has 0 spiro atoms. The molecular weight excluding hydrogens is 356 g/mol. The molecule has 1 aliphatic heterocycles. The summed E-state index contributed by atoms with van der Waals surface area (Å²) < 4.78 is 0.878. The molecule has 1 aromatic carbocycles. The highest BCUT2D eigenvalue weighted by atomic mass is 79.9. The number of carbonyl (C=O) groups excluding carboxylic acids is 2. The van der Waals surface area contributed by atoms with Gasteiger partial charge in [-0.25, -0.2) is 0 Å². The minimum absolute atomic E-state index is 0.00227. The summed E-state index contributed by atoms with van der Waals surface area (Å²) in [5, 5.41) is 3.04. The zero-order chi connectivity index (χ0) is 16.2. The van der Waals surface area contributed by atoms with Gasteiger partial charge in [-0.3, -0.25) is 9.59 Å². The van der Waals surface area contributed by atoms with Gasteiger partial charge in [0.2, 0.25) is 11.8 Å². The molecular formula is C18H21BrN2O2. The normalized spacial score (nSPS) is 24.0. The van der Waals surface area contributed by atoms with E-state index in [0.717, 1.165) is 29.4 Å². The Morgan fingerprint density at radius 1 is 1.30 bits per heavy atom. The minimum atomic E-state index is -0.256. The van der Waals surface area contributed by atoms with Crippen LogP contribution in [-0.2, 0) is 9.59 Å². The predicted octanol–water partition coefficient (Wildman–Crippen LogP) is 3.27. The Morgan fingerprint density at radius 2 is 2.13 bits per heavy atom. The van der Waals surface area contributed by atoms with Gasteiger partial charge in [-0.2, -0.15) is 0 Å². The van der Waals surface area contributed by atoms with Gasteiger partial charge in [0.25, 0.3) is 0 Å². The van der Waals surface area contributed by atoms with Crippen LogP contribution in [0.3, 0.4) is 0 Å². The van der Waals surface area contributed by atoms with Gasteiger partial charge in [-0.1, -0.05) is 24.3 Å². The molecule has 4 nitrogen and oxygen atoms in total. The number of allylic oxidation sites excluding steroid dienone is 2. The third-order valence-electron chi connectivity index (χ3n) is 4.58. The third kappa shape index (κ3) is 3.83. The molecule has 3 rings (SSSR count). The first-order valence-corrected chi connectivity index (χ1v) is 8.92. The first-order chi connectivity index (χ1) is 11.1. The summed E-state index contributed by atoms with van der Waals surface area (Å²) in [7, 11) is 0. The molecule has 0 saturated carbocycles. The average Bonchev–Trinajstić information content (AvgIpc) is 2.96. The highest BCUT2D eigenvalue weighted by molar-refractivity contribution is 9.10. The highest BCUT2D eigenvalue weighted by Gasteiger charge is 2.35. The van der Waals surface area contributed by atoms with Crippen LogP contribution in [0.25, 0.3) is 0 Å². The molecule has 1 saturated heterocycles. The van der Waals surface area contributed by atoms with Crippen LogP contribution in [0.5, 0.6) is 0 Å². The molecule has 1 aliphatic carbocycles. The van der Waals surface area contributed by atoms with Crippen LogP contribution in [-0.4, -0.2) is 24.9 Å². The van der Waals surface area contributed by atoms with Gasteiger partial charge in [0.1, 0.15) is 0 Å². The lowest BCUT2D eigenvalue weighted by Crippen LogP contribution is -2.36. The van der Waals surface area contributed by atoms with E-state index >= 15 is 0 Å². The predicted molar refractivity (Wildman–Crippen MR) is 94.1 cm³/mol. The molecule has 1 N–H and O–H groups in total. The molecule has 2 aliphatic rings. The number of benzene rings is 1. The van der Waals surface area contributed by atoms with Gasteiger partial charge in [0, 0.05) is 24.0 Å². The molecule has 1 fully saturated rings. The Morgan fingerprint density at radius 3 is 2.87 bits per heavy atom.